The fourth-order valence-electron chi connectivity index (χ4n) is 5.28. The Kier molecular flexibility index (Phi) is 11.4. The minimum atomic E-state index is -0.0643. The van der Waals surface area contributed by atoms with E-state index < -0.39 is 0 Å². The third-order valence-electron chi connectivity index (χ3n) is 7.26. The van der Waals surface area contributed by atoms with E-state index in [0.29, 0.717) is 24.2 Å². The molecular weight excluding hydrogens is 424 g/mol. The standard InChI is InChI=1S/C28H46N4O2/c1-23-9-7-19-31(21-23)17-5-3-15-29-27(33)25-11-13-26(14-12-25)28(34)30-16-4-6-18-32-20-8-10-24(2)22-32/h11-14,23-24H,3-10,15-22H2,1-2H3,(H,29,33)(H,30,34). The second kappa shape index (κ2) is 14.5. The van der Waals surface area contributed by atoms with Crippen LogP contribution in [0, 0.1) is 11.8 Å². The topological polar surface area (TPSA) is 64.7 Å². The molecule has 2 unspecified atom stereocenters. The zero-order chi connectivity index (χ0) is 24.2. The molecule has 2 fully saturated rings. The van der Waals surface area contributed by atoms with Gasteiger partial charge in [-0.15, -0.1) is 0 Å². The first-order chi connectivity index (χ1) is 16.5. The van der Waals surface area contributed by atoms with Gasteiger partial charge in [-0.1, -0.05) is 13.8 Å². The van der Waals surface area contributed by atoms with Gasteiger partial charge in [-0.25, -0.2) is 0 Å². The maximum absolute atomic E-state index is 12.4. The molecule has 0 radical (unpaired) electrons. The number of benzene rings is 1. The molecule has 0 bridgehead atoms. The third kappa shape index (κ3) is 9.38. The summed E-state index contributed by atoms with van der Waals surface area (Å²) in [5.74, 6) is 1.50. The fourth-order valence-corrected chi connectivity index (χ4v) is 5.28. The van der Waals surface area contributed by atoms with Gasteiger partial charge in [-0.05, 0) is 114 Å². The van der Waals surface area contributed by atoms with Crippen LogP contribution in [0.2, 0.25) is 0 Å². The first-order valence-electron chi connectivity index (χ1n) is 13.6. The molecule has 2 aliphatic rings. The summed E-state index contributed by atoms with van der Waals surface area (Å²) in [6, 6.07) is 6.99. The Labute approximate surface area is 206 Å². The lowest BCUT2D eigenvalue weighted by atomic mass is 10.0. The van der Waals surface area contributed by atoms with Gasteiger partial charge < -0.3 is 20.4 Å². The van der Waals surface area contributed by atoms with E-state index in [1.807, 2.05) is 0 Å². The number of likely N-dealkylation sites (tertiary alicyclic amines) is 2. The Morgan fingerprint density at radius 3 is 1.53 bits per heavy atom. The Hall–Kier alpha value is -1.92. The van der Waals surface area contributed by atoms with Gasteiger partial charge in [0.1, 0.15) is 0 Å². The summed E-state index contributed by atoms with van der Waals surface area (Å²) in [6.45, 7) is 13.2. The van der Waals surface area contributed by atoms with E-state index >= 15 is 0 Å². The summed E-state index contributed by atoms with van der Waals surface area (Å²) in [5, 5.41) is 6.02. The maximum Gasteiger partial charge on any atom is 0.251 e. The van der Waals surface area contributed by atoms with Gasteiger partial charge in [-0.3, -0.25) is 9.59 Å². The summed E-state index contributed by atoms with van der Waals surface area (Å²) in [7, 11) is 0. The molecule has 0 aliphatic carbocycles. The molecule has 2 aliphatic heterocycles. The van der Waals surface area contributed by atoms with Crippen molar-refractivity contribution in [1.29, 1.82) is 0 Å². The lowest BCUT2D eigenvalue weighted by molar-refractivity contribution is 0.0940. The molecule has 2 heterocycles. The maximum atomic E-state index is 12.4. The Morgan fingerprint density at radius 1 is 0.735 bits per heavy atom. The number of hydrogen-bond acceptors (Lipinski definition) is 4. The molecule has 2 amide bonds. The first-order valence-corrected chi connectivity index (χ1v) is 13.6. The van der Waals surface area contributed by atoms with Crippen LogP contribution in [0.15, 0.2) is 24.3 Å². The van der Waals surface area contributed by atoms with Crippen LogP contribution in [-0.2, 0) is 0 Å². The van der Waals surface area contributed by atoms with Crippen molar-refractivity contribution in [3.8, 4) is 0 Å². The number of nitrogens with one attached hydrogen (secondary N) is 2. The second-order valence-electron chi connectivity index (χ2n) is 10.6. The van der Waals surface area contributed by atoms with Crippen LogP contribution in [0.4, 0.5) is 0 Å². The SMILES string of the molecule is CC1CCCN(CCCCNC(=O)c2ccc(C(=O)NCCCCN3CCCC(C)C3)cc2)C1. The number of hydrogen-bond donors (Lipinski definition) is 2. The number of unbranched alkanes of at least 4 members (excludes halogenated alkanes) is 2. The van der Waals surface area contributed by atoms with Gasteiger partial charge in [0.15, 0.2) is 0 Å². The van der Waals surface area contributed by atoms with Crippen LogP contribution in [0.25, 0.3) is 0 Å². The third-order valence-corrected chi connectivity index (χ3v) is 7.26. The van der Waals surface area contributed by atoms with Crippen LogP contribution in [-0.4, -0.2) is 74.0 Å². The number of amides is 2. The summed E-state index contributed by atoms with van der Waals surface area (Å²) >= 11 is 0. The molecule has 0 spiro atoms. The molecule has 2 N–H and O–H groups in total. The molecule has 0 saturated carbocycles. The van der Waals surface area contributed by atoms with E-state index in [2.05, 4.69) is 34.3 Å². The van der Waals surface area contributed by atoms with Crippen molar-refractivity contribution in [1.82, 2.24) is 20.4 Å². The van der Waals surface area contributed by atoms with Crippen molar-refractivity contribution in [3.05, 3.63) is 35.4 Å². The van der Waals surface area contributed by atoms with Crippen molar-refractivity contribution in [3.63, 3.8) is 0 Å². The number of piperidine rings is 2. The molecule has 34 heavy (non-hydrogen) atoms. The summed E-state index contributed by atoms with van der Waals surface area (Å²) < 4.78 is 0. The minimum absolute atomic E-state index is 0.0643. The van der Waals surface area contributed by atoms with E-state index in [0.717, 1.165) is 50.6 Å². The number of nitrogens with zero attached hydrogens (tertiary/aromatic N) is 2. The number of carbonyl (C=O) groups excluding carboxylic acids is 2. The molecule has 1 aromatic rings. The normalized spacial score (nSPS) is 21.8. The molecule has 6 heteroatoms. The van der Waals surface area contributed by atoms with Crippen molar-refractivity contribution in [2.24, 2.45) is 11.8 Å². The lowest BCUT2D eigenvalue weighted by Gasteiger charge is -2.30. The smallest absolute Gasteiger partial charge is 0.251 e. The average Bonchev–Trinajstić information content (AvgIpc) is 2.83. The molecule has 1 aromatic carbocycles. The second-order valence-corrected chi connectivity index (χ2v) is 10.6. The van der Waals surface area contributed by atoms with Crippen LogP contribution in [0.1, 0.15) is 85.9 Å². The van der Waals surface area contributed by atoms with Gasteiger partial charge in [0.05, 0.1) is 0 Å². The van der Waals surface area contributed by atoms with E-state index in [1.54, 1.807) is 24.3 Å². The summed E-state index contributed by atoms with van der Waals surface area (Å²) in [5.41, 5.74) is 1.22. The molecule has 6 nitrogen and oxygen atoms in total. The van der Waals surface area contributed by atoms with Crippen molar-refractivity contribution >= 4 is 11.8 Å². The first kappa shape index (κ1) is 26.7. The van der Waals surface area contributed by atoms with Crippen molar-refractivity contribution < 1.29 is 9.59 Å². The van der Waals surface area contributed by atoms with Crippen LogP contribution in [0.5, 0.6) is 0 Å². The predicted octanol–water partition coefficient (Wildman–Crippen LogP) is 4.17. The number of carbonyl (C=O) groups is 2. The monoisotopic (exact) mass is 470 g/mol. The Bertz CT molecular complexity index is 688. The van der Waals surface area contributed by atoms with Crippen molar-refractivity contribution in [2.75, 3.05) is 52.4 Å². The quantitative estimate of drug-likeness (QED) is 0.450. The Balaban J connectivity index is 1.26. The van der Waals surface area contributed by atoms with E-state index in [1.165, 1.54) is 51.9 Å². The lowest BCUT2D eigenvalue weighted by Crippen LogP contribution is -2.35. The molecule has 190 valence electrons. The summed E-state index contributed by atoms with van der Waals surface area (Å²) in [6.07, 6.45) is 9.54. The predicted molar refractivity (Wildman–Crippen MR) is 139 cm³/mol. The highest BCUT2D eigenvalue weighted by atomic mass is 16.2. The highest BCUT2D eigenvalue weighted by Gasteiger charge is 2.16. The number of rotatable bonds is 12. The largest absolute Gasteiger partial charge is 0.352 e. The zero-order valence-corrected chi connectivity index (χ0v) is 21.5. The van der Waals surface area contributed by atoms with Gasteiger partial charge in [0.25, 0.3) is 11.8 Å². The highest BCUT2D eigenvalue weighted by molar-refractivity contribution is 5.97. The minimum Gasteiger partial charge on any atom is -0.352 e. The average molecular weight is 471 g/mol. The molecule has 3 rings (SSSR count). The molecular formula is C28H46N4O2. The van der Waals surface area contributed by atoms with Crippen molar-refractivity contribution in [2.45, 2.75) is 65.2 Å². The van der Waals surface area contributed by atoms with E-state index in [4.69, 9.17) is 0 Å². The summed E-state index contributed by atoms with van der Waals surface area (Å²) in [4.78, 5) is 29.9. The molecule has 0 aromatic heterocycles. The fraction of sp³-hybridized carbons (Fsp3) is 0.714. The zero-order valence-electron chi connectivity index (χ0n) is 21.5. The van der Waals surface area contributed by atoms with Gasteiger partial charge in [0, 0.05) is 37.3 Å². The molecule has 2 atom stereocenters. The highest BCUT2D eigenvalue weighted by Crippen LogP contribution is 2.16. The molecule has 2 saturated heterocycles. The van der Waals surface area contributed by atoms with Gasteiger partial charge in [-0.2, -0.15) is 0 Å². The van der Waals surface area contributed by atoms with Crippen LogP contribution in [0.3, 0.4) is 0 Å². The van der Waals surface area contributed by atoms with Gasteiger partial charge >= 0.3 is 0 Å². The van der Waals surface area contributed by atoms with E-state index in [-0.39, 0.29) is 11.8 Å². The Morgan fingerprint density at radius 2 is 1.15 bits per heavy atom. The van der Waals surface area contributed by atoms with Crippen LogP contribution >= 0.6 is 0 Å². The van der Waals surface area contributed by atoms with Gasteiger partial charge in [0.2, 0.25) is 0 Å². The van der Waals surface area contributed by atoms with E-state index in [9.17, 15) is 9.59 Å². The van der Waals surface area contributed by atoms with Crippen LogP contribution < -0.4 is 10.6 Å².